The lowest BCUT2D eigenvalue weighted by molar-refractivity contribution is 0.102. The molecule has 1 amide bonds. The molecular formula is C14H17N9O. The zero-order chi connectivity index (χ0) is 16.7. The van der Waals surface area contributed by atoms with Gasteiger partial charge in [-0.1, -0.05) is 12.1 Å². The number of carbonyl (C=O) groups is 1. The van der Waals surface area contributed by atoms with Crippen molar-refractivity contribution in [2.24, 2.45) is 7.05 Å². The number of amides is 1. The van der Waals surface area contributed by atoms with Gasteiger partial charge in [-0.15, -0.1) is 10.2 Å². The van der Waals surface area contributed by atoms with E-state index >= 15 is 0 Å². The summed E-state index contributed by atoms with van der Waals surface area (Å²) in [6.45, 7) is 2.78. The van der Waals surface area contributed by atoms with Crippen LogP contribution in [0.25, 0.3) is 0 Å². The van der Waals surface area contributed by atoms with Crippen molar-refractivity contribution in [3.8, 4) is 0 Å². The Bertz CT molecular complexity index is 863. The molecule has 1 aliphatic heterocycles. The molecular weight excluding hydrogens is 310 g/mol. The molecule has 1 N–H and O–H groups in total. The lowest BCUT2D eigenvalue weighted by Gasteiger charge is -2.27. The normalized spacial score (nSPS) is 19.9. The van der Waals surface area contributed by atoms with Gasteiger partial charge in [0.15, 0.2) is 5.69 Å². The molecule has 1 aliphatic rings. The van der Waals surface area contributed by atoms with Crippen molar-refractivity contribution in [1.29, 1.82) is 0 Å². The Hall–Kier alpha value is -3.04. The van der Waals surface area contributed by atoms with Crippen LogP contribution in [-0.2, 0) is 13.6 Å². The number of rotatable bonds is 3. The summed E-state index contributed by atoms with van der Waals surface area (Å²) in [5.41, 5.74) is 0.229. The quantitative estimate of drug-likeness (QED) is 0.755. The minimum absolute atomic E-state index is 0.225. The number of aryl methyl sites for hydroxylation is 1. The van der Waals surface area contributed by atoms with Gasteiger partial charge in [-0.2, -0.15) is 10.1 Å². The summed E-state index contributed by atoms with van der Waals surface area (Å²) < 4.78 is 5.25. The van der Waals surface area contributed by atoms with Crippen LogP contribution >= 0.6 is 0 Å². The third-order valence-electron chi connectivity index (χ3n) is 4.11. The van der Waals surface area contributed by atoms with E-state index in [4.69, 9.17) is 0 Å². The first-order valence-electron chi connectivity index (χ1n) is 7.71. The molecule has 4 heterocycles. The van der Waals surface area contributed by atoms with E-state index in [9.17, 15) is 4.79 Å². The second-order valence-electron chi connectivity index (χ2n) is 5.98. The van der Waals surface area contributed by atoms with Gasteiger partial charge >= 0.3 is 0 Å². The van der Waals surface area contributed by atoms with Crippen LogP contribution in [0.4, 0.5) is 5.95 Å². The van der Waals surface area contributed by atoms with E-state index < -0.39 is 0 Å². The SMILES string of the molecule is CC1CC(n2cccn2)Cn2nc(NC(=O)c3cn(C)nn3)nc21. The Morgan fingerprint density at radius 2 is 2.29 bits per heavy atom. The van der Waals surface area contributed by atoms with Crippen LogP contribution < -0.4 is 5.32 Å². The standard InChI is InChI=1S/C14H17N9O/c1-9-6-10(22-5-3-4-15-22)7-23-12(9)16-14(19-23)17-13(24)11-8-21(2)20-18-11/h3-5,8-10H,6-7H2,1-2H3,(H,17,19,24). The Morgan fingerprint density at radius 1 is 1.42 bits per heavy atom. The van der Waals surface area contributed by atoms with Crippen LogP contribution in [0.5, 0.6) is 0 Å². The number of anilines is 1. The third kappa shape index (κ3) is 2.55. The van der Waals surface area contributed by atoms with E-state index in [1.54, 1.807) is 19.4 Å². The van der Waals surface area contributed by atoms with Crippen molar-refractivity contribution < 1.29 is 4.79 Å². The van der Waals surface area contributed by atoms with Crippen molar-refractivity contribution in [2.45, 2.75) is 31.8 Å². The fraction of sp³-hybridized carbons (Fsp3) is 0.429. The highest BCUT2D eigenvalue weighted by Crippen LogP contribution is 2.32. The number of carbonyl (C=O) groups excluding carboxylic acids is 1. The largest absolute Gasteiger partial charge is 0.288 e. The van der Waals surface area contributed by atoms with E-state index in [0.29, 0.717) is 6.54 Å². The minimum atomic E-state index is -0.373. The highest BCUT2D eigenvalue weighted by atomic mass is 16.2. The average Bonchev–Trinajstić information content (AvgIpc) is 3.26. The van der Waals surface area contributed by atoms with Gasteiger partial charge in [-0.25, -0.2) is 4.68 Å². The Kier molecular flexibility index (Phi) is 3.36. The topological polar surface area (TPSA) is 108 Å². The molecule has 0 radical (unpaired) electrons. The minimum Gasteiger partial charge on any atom is -0.288 e. The van der Waals surface area contributed by atoms with Gasteiger partial charge < -0.3 is 0 Å². The van der Waals surface area contributed by atoms with Gasteiger partial charge in [-0.3, -0.25) is 19.5 Å². The van der Waals surface area contributed by atoms with E-state index in [1.165, 1.54) is 4.68 Å². The lowest BCUT2D eigenvalue weighted by atomic mass is 9.97. The highest BCUT2D eigenvalue weighted by Gasteiger charge is 2.29. The van der Waals surface area contributed by atoms with E-state index in [1.807, 2.05) is 21.6 Å². The van der Waals surface area contributed by atoms with Crippen molar-refractivity contribution in [3.05, 3.63) is 36.2 Å². The number of nitrogens with one attached hydrogen (secondary N) is 1. The average molecular weight is 327 g/mol. The van der Waals surface area contributed by atoms with Gasteiger partial charge in [0.1, 0.15) is 5.82 Å². The fourth-order valence-electron chi connectivity index (χ4n) is 3.00. The van der Waals surface area contributed by atoms with Crippen LogP contribution in [0.1, 0.15) is 41.6 Å². The summed E-state index contributed by atoms with van der Waals surface area (Å²) >= 11 is 0. The molecule has 3 aromatic rings. The monoisotopic (exact) mass is 327 g/mol. The van der Waals surface area contributed by atoms with Crippen LogP contribution in [0, 0.1) is 0 Å². The van der Waals surface area contributed by atoms with Gasteiger partial charge in [0.05, 0.1) is 18.8 Å². The Labute approximate surface area is 137 Å². The number of hydrogen-bond acceptors (Lipinski definition) is 6. The first-order chi connectivity index (χ1) is 11.6. The molecule has 0 fully saturated rings. The summed E-state index contributed by atoms with van der Waals surface area (Å²) in [4.78, 5) is 16.6. The molecule has 10 nitrogen and oxygen atoms in total. The highest BCUT2D eigenvalue weighted by molar-refractivity contribution is 6.01. The maximum atomic E-state index is 12.1. The molecule has 0 spiro atoms. The van der Waals surface area contributed by atoms with Gasteiger partial charge in [0.25, 0.3) is 5.91 Å². The maximum absolute atomic E-state index is 12.1. The molecule has 0 bridgehead atoms. The Balaban J connectivity index is 1.54. The zero-order valence-corrected chi connectivity index (χ0v) is 13.4. The molecule has 4 rings (SSSR count). The molecule has 2 unspecified atom stereocenters. The maximum Gasteiger partial charge on any atom is 0.280 e. The van der Waals surface area contributed by atoms with Crippen LogP contribution in [-0.4, -0.2) is 45.4 Å². The number of hydrogen-bond donors (Lipinski definition) is 1. The molecule has 0 saturated carbocycles. The molecule has 24 heavy (non-hydrogen) atoms. The van der Waals surface area contributed by atoms with E-state index in [-0.39, 0.29) is 29.5 Å². The van der Waals surface area contributed by atoms with Gasteiger partial charge in [0, 0.05) is 25.4 Å². The van der Waals surface area contributed by atoms with E-state index in [0.717, 1.165) is 12.2 Å². The third-order valence-corrected chi connectivity index (χ3v) is 4.11. The number of fused-ring (bicyclic) bond motifs is 1. The molecule has 10 heteroatoms. The van der Waals surface area contributed by atoms with Crippen molar-refractivity contribution >= 4 is 11.9 Å². The van der Waals surface area contributed by atoms with Crippen molar-refractivity contribution in [1.82, 2.24) is 39.5 Å². The first kappa shape index (κ1) is 14.5. The Morgan fingerprint density at radius 3 is 3.00 bits per heavy atom. The van der Waals surface area contributed by atoms with Crippen molar-refractivity contribution in [3.63, 3.8) is 0 Å². The van der Waals surface area contributed by atoms with Gasteiger partial charge in [0.2, 0.25) is 5.95 Å². The second-order valence-corrected chi connectivity index (χ2v) is 5.98. The summed E-state index contributed by atoms with van der Waals surface area (Å²) in [5, 5.41) is 18.9. The zero-order valence-electron chi connectivity index (χ0n) is 13.4. The summed E-state index contributed by atoms with van der Waals surface area (Å²) in [7, 11) is 1.70. The number of aromatic nitrogens is 8. The summed E-state index contributed by atoms with van der Waals surface area (Å²) in [5.74, 6) is 1.01. The fourth-order valence-corrected chi connectivity index (χ4v) is 3.00. The first-order valence-corrected chi connectivity index (χ1v) is 7.71. The van der Waals surface area contributed by atoms with Crippen LogP contribution in [0.2, 0.25) is 0 Å². The predicted octanol–water partition coefficient (Wildman–Crippen LogP) is 0.604. The summed E-state index contributed by atoms with van der Waals surface area (Å²) in [6, 6.07) is 2.14. The number of nitrogens with zero attached hydrogens (tertiary/aromatic N) is 8. The van der Waals surface area contributed by atoms with Crippen LogP contribution in [0.15, 0.2) is 24.7 Å². The van der Waals surface area contributed by atoms with Crippen LogP contribution in [0.3, 0.4) is 0 Å². The molecule has 0 saturated heterocycles. The lowest BCUT2D eigenvalue weighted by Crippen LogP contribution is -2.26. The molecule has 3 aromatic heterocycles. The predicted molar refractivity (Wildman–Crippen MR) is 83.3 cm³/mol. The second kappa shape index (κ2) is 5.55. The molecule has 2 atom stereocenters. The molecule has 124 valence electrons. The molecule has 0 aliphatic carbocycles. The van der Waals surface area contributed by atoms with Crippen molar-refractivity contribution in [2.75, 3.05) is 5.32 Å². The smallest absolute Gasteiger partial charge is 0.280 e. The summed E-state index contributed by atoms with van der Waals surface area (Å²) in [6.07, 6.45) is 6.20. The molecule has 0 aromatic carbocycles. The van der Waals surface area contributed by atoms with E-state index in [2.05, 4.69) is 37.7 Å². The van der Waals surface area contributed by atoms with Gasteiger partial charge in [-0.05, 0) is 12.5 Å².